The third-order valence-electron chi connectivity index (χ3n) is 3.88. The molecule has 0 aliphatic rings. The number of anilines is 1. The molecule has 0 saturated heterocycles. The van der Waals surface area contributed by atoms with Gasteiger partial charge in [-0.05, 0) is 43.3 Å². The molecule has 1 heterocycles. The Bertz CT molecular complexity index is 875. The number of hydrogen-bond acceptors (Lipinski definition) is 4. The number of hydrogen-bond donors (Lipinski definition) is 1. The van der Waals surface area contributed by atoms with Crippen molar-refractivity contribution in [1.29, 1.82) is 0 Å². The van der Waals surface area contributed by atoms with E-state index in [4.69, 9.17) is 16.1 Å². The first-order valence-electron chi connectivity index (χ1n) is 8.18. The molecule has 7 heteroatoms. The summed E-state index contributed by atoms with van der Waals surface area (Å²) >= 11 is 5.84. The Morgan fingerprint density at radius 3 is 2.54 bits per heavy atom. The monoisotopic (exact) mass is 370 g/mol. The number of aryl methyl sites for hydroxylation is 1. The van der Waals surface area contributed by atoms with Crippen molar-refractivity contribution in [3.05, 3.63) is 64.9 Å². The Labute approximate surface area is 156 Å². The number of likely N-dealkylation sites (N-methyl/N-ethyl adjacent to an activating group) is 1. The molecule has 134 valence electrons. The molecule has 3 rings (SSSR count). The minimum absolute atomic E-state index is 0.213. The summed E-state index contributed by atoms with van der Waals surface area (Å²) in [5.41, 5.74) is 2.73. The Hall–Kier alpha value is -2.86. The maximum Gasteiger partial charge on any atom is 0.321 e. The second-order valence-corrected chi connectivity index (χ2v) is 6.43. The van der Waals surface area contributed by atoms with Gasteiger partial charge in [0.05, 0.1) is 0 Å². The molecule has 0 aliphatic carbocycles. The zero-order valence-corrected chi connectivity index (χ0v) is 15.3. The van der Waals surface area contributed by atoms with Gasteiger partial charge in [-0.2, -0.15) is 4.98 Å². The van der Waals surface area contributed by atoms with Gasteiger partial charge in [-0.15, -0.1) is 0 Å². The van der Waals surface area contributed by atoms with E-state index in [1.807, 2.05) is 31.2 Å². The lowest BCUT2D eigenvalue weighted by Crippen LogP contribution is -2.33. The summed E-state index contributed by atoms with van der Waals surface area (Å²) < 4.78 is 5.30. The van der Waals surface area contributed by atoms with Gasteiger partial charge in [0, 0.05) is 36.3 Å². The van der Waals surface area contributed by atoms with Crippen molar-refractivity contribution in [3.63, 3.8) is 0 Å². The van der Waals surface area contributed by atoms with Crippen LogP contribution < -0.4 is 5.32 Å². The van der Waals surface area contributed by atoms with Crippen molar-refractivity contribution < 1.29 is 9.32 Å². The summed E-state index contributed by atoms with van der Waals surface area (Å²) in [5, 5.41) is 7.41. The van der Waals surface area contributed by atoms with E-state index in [1.165, 1.54) is 5.56 Å². The minimum Gasteiger partial charge on any atom is -0.334 e. The first kappa shape index (κ1) is 17.9. The average Bonchev–Trinajstić information content (AvgIpc) is 3.11. The van der Waals surface area contributed by atoms with Crippen LogP contribution in [0.5, 0.6) is 0 Å². The van der Waals surface area contributed by atoms with Crippen LogP contribution >= 0.6 is 11.6 Å². The van der Waals surface area contributed by atoms with Crippen molar-refractivity contribution in [2.75, 3.05) is 18.9 Å². The molecule has 0 fully saturated rings. The van der Waals surface area contributed by atoms with Crippen LogP contribution in [-0.4, -0.2) is 34.7 Å². The van der Waals surface area contributed by atoms with Crippen molar-refractivity contribution in [2.24, 2.45) is 0 Å². The van der Waals surface area contributed by atoms with Crippen LogP contribution in [0.3, 0.4) is 0 Å². The molecule has 26 heavy (non-hydrogen) atoms. The largest absolute Gasteiger partial charge is 0.334 e. The van der Waals surface area contributed by atoms with Crippen LogP contribution in [0, 0.1) is 6.92 Å². The third-order valence-corrected chi connectivity index (χ3v) is 4.13. The van der Waals surface area contributed by atoms with Gasteiger partial charge in [0.15, 0.2) is 5.82 Å². The lowest BCUT2D eigenvalue weighted by atomic mass is 10.1. The SMILES string of the molecule is Cc1ccc(-c2nc(CCN(C)C(=O)Nc3ccc(Cl)cc3)no2)cc1. The first-order chi connectivity index (χ1) is 12.5. The van der Waals surface area contributed by atoms with Gasteiger partial charge < -0.3 is 14.7 Å². The summed E-state index contributed by atoms with van der Waals surface area (Å²) in [6.07, 6.45) is 0.500. The number of nitrogens with one attached hydrogen (secondary N) is 1. The predicted octanol–water partition coefficient (Wildman–Crippen LogP) is 4.40. The average molecular weight is 371 g/mol. The highest BCUT2D eigenvalue weighted by Crippen LogP contribution is 2.18. The van der Waals surface area contributed by atoms with E-state index < -0.39 is 0 Å². The number of carbonyl (C=O) groups excluding carboxylic acids is 1. The predicted molar refractivity (Wildman–Crippen MR) is 101 cm³/mol. The quantitative estimate of drug-likeness (QED) is 0.722. The number of urea groups is 1. The fourth-order valence-electron chi connectivity index (χ4n) is 2.29. The van der Waals surface area contributed by atoms with Crippen LogP contribution in [0.1, 0.15) is 11.4 Å². The smallest absolute Gasteiger partial charge is 0.321 e. The topological polar surface area (TPSA) is 71.3 Å². The molecule has 6 nitrogen and oxygen atoms in total. The fraction of sp³-hybridized carbons (Fsp3) is 0.211. The second kappa shape index (κ2) is 8.01. The van der Waals surface area contributed by atoms with Crippen LogP contribution in [0.2, 0.25) is 5.02 Å². The zero-order valence-electron chi connectivity index (χ0n) is 14.6. The molecule has 1 N–H and O–H groups in total. The van der Waals surface area contributed by atoms with Gasteiger partial charge in [0.25, 0.3) is 5.89 Å². The van der Waals surface area contributed by atoms with E-state index in [0.29, 0.717) is 35.4 Å². The number of aromatic nitrogens is 2. The van der Waals surface area contributed by atoms with Crippen LogP contribution in [0.25, 0.3) is 11.5 Å². The fourth-order valence-corrected chi connectivity index (χ4v) is 2.42. The van der Waals surface area contributed by atoms with E-state index in [9.17, 15) is 4.79 Å². The summed E-state index contributed by atoms with van der Waals surface area (Å²) in [7, 11) is 1.71. The number of carbonyl (C=O) groups is 1. The van der Waals surface area contributed by atoms with Gasteiger partial charge in [-0.25, -0.2) is 4.79 Å². The minimum atomic E-state index is -0.213. The lowest BCUT2D eigenvalue weighted by molar-refractivity contribution is 0.222. The van der Waals surface area contributed by atoms with Crippen molar-refractivity contribution in [1.82, 2.24) is 15.0 Å². The molecule has 0 aliphatic heterocycles. The van der Waals surface area contributed by atoms with Crippen LogP contribution in [0.15, 0.2) is 53.1 Å². The molecule has 0 atom stereocenters. The number of benzene rings is 2. The van der Waals surface area contributed by atoms with Gasteiger partial charge >= 0.3 is 6.03 Å². The normalized spacial score (nSPS) is 10.6. The number of nitrogens with zero attached hydrogens (tertiary/aromatic N) is 3. The van der Waals surface area contributed by atoms with E-state index in [1.54, 1.807) is 36.2 Å². The Morgan fingerprint density at radius 1 is 1.15 bits per heavy atom. The van der Waals surface area contributed by atoms with Gasteiger partial charge in [0.2, 0.25) is 0 Å². The van der Waals surface area contributed by atoms with E-state index in [2.05, 4.69) is 15.5 Å². The highest BCUT2D eigenvalue weighted by molar-refractivity contribution is 6.30. The summed E-state index contributed by atoms with van der Waals surface area (Å²) in [6.45, 7) is 2.49. The van der Waals surface area contributed by atoms with Gasteiger partial charge in [-0.1, -0.05) is 34.5 Å². The molecule has 2 aromatic carbocycles. The molecule has 2 amide bonds. The summed E-state index contributed by atoms with van der Waals surface area (Å²) in [5.74, 6) is 1.04. The number of amides is 2. The van der Waals surface area contributed by atoms with Crippen molar-refractivity contribution in [2.45, 2.75) is 13.3 Å². The Balaban J connectivity index is 1.54. The van der Waals surface area contributed by atoms with Crippen LogP contribution in [0.4, 0.5) is 10.5 Å². The standard InChI is InChI=1S/C19H19ClN4O2/c1-13-3-5-14(6-4-13)18-22-17(23-26-18)11-12-24(2)19(25)21-16-9-7-15(20)8-10-16/h3-10H,11-12H2,1-2H3,(H,21,25). The first-order valence-corrected chi connectivity index (χ1v) is 8.56. The van der Waals surface area contributed by atoms with E-state index >= 15 is 0 Å². The molecule has 3 aromatic rings. The van der Waals surface area contributed by atoms with E-state index in [0.717, 1.165) is 5.56 Å². The molecular formula is C19H19ClN4O2. The molecule has 0 radical (unpaired) electrons. The zero-order chi connectivity index (χ0) is 18.5. The van der Waals surface area contributed by atoms with E-state index in [-0.39, 0.29) is 6.03 Å². The molecular weight excluding hydrogens is 352 g/mol. The molecule has 0 bridgehead atoms. The molecule has 1 aromatic heterocycles. The Kier molecular flexibility index (Phi) is 5.53. The third kappa shape index (κ3) is 4.61. The highest BCUT2D eigenvalue weighted by atomic mass is 35.5. The van der Waals surface area contributed by atoms with Crippen LogP contribution in [-0.2, 0) is 6.42 Å². The maximum absolute atomic E-state index is 12.2. The molecule has 0 saturated carbocycles. The molecule has 0 unspecified atom stereocenters. The number of halogens is 1. The van der Waals surface area contributed by atoms with Gasteiger partial charge in [0.1, 0.15) is 0 Å². The summed E-state index contributed by atoms with van der Waals surface area (Å²) in [6, 6.07) is 14.6. The number of rotatable bonds is 5. The highest BCUT2D eigenvalue weighted by Gasteiger charge is 2.12. The lowest BCUT2D eigenvalue weighted by Gasteiger charge is -2.17. The van der Waals surface area contributed by atoms with Gasteiger partial charge in [-0.3, -0.25) is 0 Å². The second-order valence-electron chi connectivity index (χ2n) is 5.99. The van der Waals surface area contributed by atoms with Crippen molar-refractivity contribution >= 4 is 23.3 Å². The Morgan fingerprint density at radius 2 is 1.85 bits per heavy atom. The maximum atomic E-state index is 12.2. The van der Waals surface area contributed by atoms with Crippen molar-refractivity contribution in [3.8, 4) is 11.5 Å². The molecule has 0 spiro atoms. The summed E-state index contributed by atoms with van der Waals surface area (Å²) in [4.78, 5) is 18.1.